The zero-order chi connectivity index (χ0) is 19.7. The van der Waals surface area contributed by atoms with Crippen LogP contribution in [0.15, 0.2) is 48.2 Å². The van der Waals surface area contributed by atoms with E-state index in [4.69, 9.17) is 0 Å². The van der Waals surface area contributed by atoms with Crippen LogP contribution in [0.1, 0.15) is 43.4 Å². The number of aromatic nitrogens is 1. The minimum absolute atomic E-state index is 0.00206. The van der Waals surface area contributed by atoms with Gasteiger partial charge in [-0.1, -0.05) is 31.4 Å². The Morgan fingerprint density at radius 1 is 1.04 bits per heavy atom. The largest absolute Gasteiger partial charge is 0.331 e. The fraction of sp³-hybridized carbons (Fsp3) is 0.318. The van der Waals surface area contributed by atoms with Crippen LogP contribution in [0.3, 0.4) is 0 Å². The van der Waals surface area contributed by atoms with Gasteiger partial charge in [-0.15, -0.1) is 0 Å². The van der Waals surface area contributed by atoms with E-state index in [1.54, 1.807) is 6.08 Å². The zero-order valence-corrected chi connectivity index (χ0v) is 15.9. The summed E-state index contributed by atoms with van der Waals surface area (Å²) in [7, 11) is 0. The molecule has 1 aromatic carbocycles. The summed E-state index contributed by atoms with van der Waals surface area (Å²) in [5, 5.41) is 2.34. The molecule has 1 saturated heterocycles. The lowest BCUT2D eigenvalue weighted by molar-refractivity contribution is -0.132. The first-order chi connectivity index (χ1) is 13.5. The van der Waals surface area contributed by atoms with Gasteiger partial charge in [-0.2, -0.15) is 0 Å². The van der Waals surface area contributed by atoms with Crippen LogP contribution in [0.5, 0.6) is 0 Å². The lowest BCUT2D eigenvalue weighted by Crippen LogP contribution is -2.58. The highest BCUT2D eigenvalue weighted by atomic mass is 16.2. The third kappa shape index (κ3) is 3.38. The molecule has 1 aliphatic carbocycles. The first kappa shape index (κ1) is 18.2. The van der Waals surface area contributed by atoms with E-state index in [1.165, 1.54) is 4.90 Å². The fourth-order valence-electron chi connectivity index (χ4n) is 4.01. The molecule has 1 aliphatic heterocycles. The van der Waals surface area contributed by atoms with Crippen molar-refractivity contribution in [2.75, 3.05) is 0 Å². The summed E-state index contributed by atoms with van der Waals surface area (Å²) < 4.78 is 1.92. The molecule has 2 heterocycles. The summed E-state index contributed by atoms with van der Waals surface area (Å²) >= 11 is 0. The molecule has 2 fully saturated rings. The van der Waals surface area contributed by atoms with Crippen molar-refractivity contribution in [1.82, 2.24) is 14.8 Å². The highest BCUT2D eigenvalue weighted by molar-refractivity contribution is 6.31. The van der Waals surface area contributed by atoms with E-state index >= 15 is 0 Å². The summed E-state index contributed by atoms with van der Waals surface area (Å²) in [5.74, 6) is -1.14. The quantitative estimate of drug-likeness (QED) is 0.656. The lowest BCUT2D eigenvalue weighted by Gasteiger charge is -2.35. The molecule has 0 atom stereocenters. The number of hydrogen-bond donors (Lipinski definition) is 1. The van der Waals surface area contributed by atoms with Gasteiger partial charge >= 0.3 is 6.03 Å². The number of rotatable bonds is 3. The van der Waals surface area contributed by atoms with Gasteiger partial charge in [0.15, 0.2) is 0 Å². The molecule has 6 heteroatoms. The van der Waals surface area contributed by atoms with E-state index in [9.17, 15) is 14.4 Å². The Morgan fingerprint density at radius 3 is 2.57 bits per heavy atom. The Balaban J connectivity index is 1.69. The Labute approximate surface area is 163 Å². The molecular weight excluding hydrogens is 354 g/mol. The topological polar surface area (TPSA) is 71.4 Å². The number of hydrogen-bond acceptors (Lipinski definition) is 3. The zero-order valence-electron chi connectivity index (χ0n) is 15.9. The minimum atomic E-state index is -0.640. The van der Waals surface area contributed by atoms with Crippen molar-refractivity contribution in [3.05, 3.63) is 59.4 Å². The summed E-state index contributed by atoms with van der Waals surface area (Å²) in [6.45, 7) is 2.01. The average molecular weight is 377 g/mol. The van der Waals surface area contributed by atoms with Gasteiger partial charge in [-0.25, -0.2) is 4.79 Å². The second kappa shape index (κ2) is 7.46. The van der Waals surface area contributed by atoms with Crippen LogP contribution in [0.4, 0.5) is 4.79 Å². The summed E-state index contributed by atoms with van der Waals surface area (Å²) in [6, 6.07) is 10.9. The SMILES string of the molecule is Cc1cccc(-n2cccc2C=C2C(=O)NC(=O)N(C3CCCCC3)C2=O)c1. The molecule has 0 bridgehead atoms. The maximum Gasteiger partial charge on any atom is 0.331 e. The fourth-order valence-corrected chi connectivity index (χ4v) is 4.01. The molecule has 0 unspecified atom stereocenters. The van der Waals surface area contributed by atoms with Crippen LogP contribution in [0.25, 0.3) is 11.8 Å². The normalized spacial score (nSPS) is 20.0. The standard InChI is InChI=1S/C22H23N3O3/c1-15-7-5-10-17(13-15)24-12-6-11-18(24)14-19-20(26)23-22(28)25(21(19)27)16-8-3-2-4-9-16/h5-7,10-14,16H,2-4,8-9H2,1H3,(H,23,26,28). The van der Waals surface area contributed by atoms with E-state index in [2.05, 4.69) is 5.32 Å². The van der Waals surface area contributed by atoms with Crippen molar-refractivity contribution in [3.8, 4) is 5.69 Å². The maximum absolute atomic E-state index is 13.0. The number of carbonyl (C=O) groups is 3. The predicted octanol–water partition coefficient (Wildman–Crippen LogP) is 3.58. The molecular formula is C22H23N3O3. The van der Waals surface area contributed by atoms with Crippen LogP contribution >= 0.6 is 0 Å². The van der Waals surface area contributed by atoms with Gasteiger partial charge in [0.05, 0.1) is 0 Å². The molecule has 1 N–H and O–H groups in total. The molecule has 2 aromatic rings. The summed E-state index contributed by atoms with van der Waals surface area (Å²) in [5.41, 5.74) is 2.77. The molecule has 4 amide bonds. The number of nitrogens with zero attached hydrogens (tertiary/aromatic N) is 2. The van der Waals surface area contributed by atoms with Gasteiger partial charge in [0, 0.05) is 23.6 Å². The molecule has 28 heavy (non-hydrogen) atoms. The Hall–Kier alpha value is -3.15. The number of carbonyl (C=O) groups excluding carboxylic acids is 3. The molecule has 0 spiro atoms. The van der Waals surface area contributed by atoms with Gasteiger partial charge in [-0.3, -0.25) is 19.8 Å². The molecule has 1 saturated carbocycles. The summed E-state index contributed by atoms with van der Waals surface area (Å²) in [4.78, 5) is 39.0. The highest BCUT2D eigenvalue weighted by Crippen LogP contribution is 2.26. The van der Waals surface area contributed by atoms with Crippen molar-refractivity contribution in [2.24, 2.45) is 0 Å². The van der Waals surface area contributed by atoms with E-state index in [1.807, 2.05) is 54.1 Å². The number of barbiturate groups is 1. The molecule has 1 aromatic heterocycles. The van der Waals surface area contributed by atoms with Crippen molar-refractivity contribution in [1.29, 1.82) is 0 Å². The number of amides is 4. The number of urea groups is 1. The van der Waals surface area contributed by atoms with Crippen molar-refractivity contribution >= 4 is 23.9 Å². The predicted molar refractivity (Wildman–Crippen MR) is 106 cm³/mol. The summed E-state index contributed by atoms with van der Waals surface area (Å²) in [6.07, 6.45) is 8.14. The van der Waals surface area contributed by atoms with Crippen LogP contribution < -0.4 is 5.32 Å². The van der Waals surface area contributed by atoms with Crippen LogP contribution in [0.2, 0.25) is 0 Å². The lowest BCUT2D eigenvalue weighted by atomic mass is 9.93. The number of benzene rings is 1. The molecule has 0 radical (unpaired) electrons. The van der Waals surface area contributed by atoms with Crippen molar-refractivity contribution in [2.45, 2.75) is 45.1 Å². The van der Waals surface area contributed by atoms with Crippen molar-refractivity contribution < 1.29 is 14.4 Å². The first-order valence-electron chi connectivity index (χ1n) is 9.69. The molecule has 4 rings (SSSR count). The second-order valence-electron chi connectivity index (χ2n) is 7.43. The van der Waals surface area contributed by atoms with Crippen LogP contribution in [0, 0.1) is 6.92 Å². The van der Waals surface area contributed by atoms with Gasteiger partial charge < -0.3 is 4.57 Å². The Bertz CT molecular complexity index is 967. The molecule has 144 valence electrons. The van der Waals surface area contributed by atoms with E-state index < -0.39 is 17.8 Å². The van der Waals surface area contributed by atoms with E-state index in [0.29, 0.717) is 5.69 Å². The van der Waals surface area contributed by atoms with Gasteiger partial charge in [0.2, 0.25) is 0 Å². The van der Waals surface area contributed by atoms with E-state index in [-0.39, 0.29) is 11.6 Å². The highest BCUT2D eigenvalue weighted by Gasteiger charge is 2.40. The number of nitrogens with one attached hydrogen (secondary N) is 1. The third-order valence-electron chi connectivity index (χ3n) is 5.43. The maximum atomic E-state index is 13.0. The molecule has 2 aliphatic rings. The second-order valence-corrected chi connectivity index (χ2v) is 7.43. The Morgan fingerprint density at radius 2 is 1.82 bits per heavy atom. The monoisotopic (exact) mass is 377 g/mol. The molecule has 6 nitrogen and oxygen atoms in total. The smallest absolute Gasteiger partial charge is 0.317 e. The van der Waals surface area contributed by atoms with Crippen molar-refractivity contribution in [3.63, 3.8) is 0 Å². The third-order valence-corrected chi connectivity index (χ3v) is 5.43. The number of imide groups is 2. The Kier molecular flexibility index (Phi) is 4.86. The van der Waals surface area contributed by atoms with Crippen LogP contribution in [-0.2, 0) is 9.59 Å². The van der Waals surface area contributed by atoms with Gasteiger partial charge in [-0.05, 0) is 55.7 Å². The average Bonchev–Trinajstić information content (AvgIpc) is 3.14. The van der Waals surface area contributed by atoms with Crippen LogP contribution in [-0.4, -0.2) is 33.4 Å². The number of aryl methyl sites for hydroxylation is 1. The van der Waals surface area contributed by atoms with E-state index in [0.717, 1.165) is 43.4 Å². The first-order valence-corrected chi connectivity index (χ1v) is 9.69. The van der Waals surface area contributed by atoms with Gasteiger partial charge in [0.25, 0.3) is 11.8 Å². The minimum Gasteiger partial charge on any atom is -0.317 e. The van der Waals surface area contributed by atoms with Gasteiger partial charge in [0.1, 0.15) is 5.57 Å².